The fourth-order valence-corrected chi connectivity index (χ4v) is 2.20. The van der Waals surface area contributed by atoms with Crippen molar-refractivity contribution in [2.45, 2.75) is 6.92 Å². The molecule has 90 valence electrons. The second-order valence-electron chi connectivity index (χ2n) is 4.06. The first-order valence-electron chi connectivity index (χ1n) is 5.53. The Hall–Kier alpha value is -2.07. The van der Waals surface area contributed by atoms with Gasteiger partial charge in [0.25, 0.3) is 0 Å². The average molecular weight is 259 g/mol. The molecule has 0 bridgehead atoms. The summed E-state index contributed by atoms with van der Waals surface area (Å²) >= 11 is 6.20. The lowest BCUT2D eigenvalue weighted by Gasteiger charge is -2.07. The van der Waals surface area contributed by atoms with Crippen LogP contribution in [0.25, 0.3) is 16.9 Å². The topological polar surface area (TPSA) is 56.7 Å². The maximum absolute atomic E-state index is 6.20. The van der Waals surface area contributed by atoms with Gasteiger partial charge in [0, 0.05) is 6.20 Å². The molecule has 0 atom stereocenters. The van der Waals surface area contributed by atoms with E-state index in [0.29, 0.717) is 11.0 Å². The molecule has 3 rings (SSSR count). The molecule has 0 aliphatic heterocycles. The van der Waals surface area contributed by atoms with Crippen LogP contribution in [0.4, 0.5) is 5.95 Å². The Morgan fingerprint density at radius 2 is 2.00 bits per heavy atom. The van der Waals surface area contributed by atoms with Crippen LogP contribution in [0, 0.1) is 6.92 Å². The molecule has 4 nitrogen and oxygen atoms in total. The number of nitrogens with two attached hydrogens (primary N) is 1. The highest BCUT2D eigenvalue weighted by molar-refractivity contribution is 6.32. The van der Waals surface area contributed by atoms with E-state index in [1.165, 1.54) is 0 Å². The molecule has 2 N–H and O–H groups in total. The first kappa shape index (κ1) is 11.0. The van der Waals surface area contributed by atoms with Gasteiger partial charge in [0.15, 0.2) is 5.65 Å². The van der Waals surface area contributed by atoms with E-state index < -0.39 is 0 Å². The zero-order valence-corrected chi connectivity index (χ0v) is 10.5. The second kappa shape index (κ2) is 3.99. The maximum Gasteiger partial charge on any atom is 0.207 e. The van der Waals surface area contributed by atoms with E-state index in [1.54, 1.807) is 10.8 Å². The number of imidazole rings is 1. The number of para-hydroxylation sites is 1. The molecule has 0 fully saturated rings. The number of fused-ring (bicyclic) bond motifs is 1. The Morgan fingerprint density at radius 1 is 1.22 bits per heavy atom. The number of hydrogen-bond acceptors (Lipinski definition) is 3. The minimum absolute atomic E-state index is 0.389. The molecule has 0 spiro atoms. The van der Waals surface area contributed by atoms with Crippen LogP contribution >= 0.6 is 11.6 Å². The van der Waals surface area contributed by atoms with Gasteiger partial charge in [-0.2, -0.15) is 0 Å². The third-order valence-electron chi connectivity index (χ3n) is 2.87. The number of nitrogens with zero attached hydrogens (tertiary/aromatic N) is 3. The molecular weight excluding hydrogens is 248 g/mol. The van der Waals surface area contributed by atoms with Gasteiger partial charge in [-0.05, 0) is 30.7 Å². The predicted molar refractivity (Wildman–Crippen MR) is 73.0 cm³/mol. The summed E-state index contributed by atoms with van der Waals surface area (Å²) in [5.74, 6) is 0.389. The molecule has 0 aliphatic rings. The van der Waals surface area contributed by atoms with Crippen molar-refractivity contribution in [1.82, 2.24) is 14.5 Å². The van der Waals surface area contributed by atoms with Gasteiger partial charge >= 0.3 is 0 Å². The highest BCUT2D eigenvalue weighted by atomic mass is 35.5. The molecular formula is C13H11ClN4. The zero-order chi connectivity index (χ0) is 12.7. The molecule has 2 heterocycles. The molecule has 0 aliphatic carbocycles. The standard InChI is InChI=1S/C13H11ClN4/c1-8-6-7-16-12-11(8)17-13(15)18(12)10-5-3-2-4-9(10)14/h2-7H,1H3,(H2,15,17). The van der Waals surface area contributed by atoms with Crippen molar-refractivity contribution in [2.75, 3.05) is 5.73 Å². The van der Waals surface area contributed by atoms with E-state index in [9.17, 15) is 0 Å². The van der Waals surface area contributed by atoms with Crippen molar-refractivity contribution < 1.29 is 0 Å². The van der Waals surface area contributed by atoms with Crippen LogP contribution in [0.15, 0.2) is 36.5 Å². The van der Waals surface area contributed by atoms with Crippen LogP contribution in [0.1, 0.15) is 5.56 Å². The molecule has 0 amide bonds. The molecule has 1 aromatic carbocycles. The SMILES string of the molecule is Cc1ccnc2c1nc(N)n2-c1ccccc1Cl. The number of nitrogen functional groups attached to an aromatic ring is 1. The Kier molecular flexibility index (Phi) is 2.45. The summed E-state index contributed by atoms with van der Waals surface area (Å²) in [7, 11) is 0. The molecule has 0 saturated heterocycles. The largest absolute Gasteiger partial charge is 0.369 e. The Morgan fingerprint density at radius 3 is 2.78 bits per heavy atom. The van der Waals surface area contributed by atoms with Crippen molar-refractivity contribution in [3.63, 3.8) is 0 Å². The third kappa shape index (κ3) is 1.54. The summed E-state index contributed by atoms with van der Waals surface area (Å²) in [6, 6.07) is 9.40. The molecule has 0 unspecified atom stereocenters. The van der Waals surface area contributed by atoms with Gasteiger partial charge in [-0.3, -0.25) is 4.57 Å². The third-order valence-corrected chi connectivity index (χ3v) is 3.19. The first-order chi connectivity index (χ1) is 8.68. The van der Waals surface area contributed by atoms with Gasteiger partial charge in [0.05, 0.1) is 10.7 Å². The van der Waals surface area contributed by atoms with Crippen molar-refractivity contribution >= 4 is 28.7 Å². The van der Waals surface area contributed by atoms with E-state index in [2.05, 4.69) is 9.97 Å². The van der Waals surface area contributed by atoms with E-state index in [1.807, 2.05) is 37.3 Å². The highest BCUT2D eigenvalue weighted by Gasteiger charge is 2.14. The number of anilines is 1. The van der Waals surface area contributed by atoms with Crippen molar-refractivity contribution in [2.24, 2.45) is 0 Å². The summed E-state index contributed by atoms with van der Waals surface area (Å²) in [4.78, 5) is 8.69. The van der Waals surface area contributed by atoms with E-state index in [0.717, 1.165) is 22.4 Å². The normalized spacial score (nSPS) is 11.0. The van der Waals surface area contributed by atoms with E-state index >= 15 is 0 Å². The highest BCUT2D eigenvalue weighted by Crippen LogP contribution is 2.27. The van der Waals surface area contributed by atoms with Crippen LogP contribution in [0.3, 0.4) is 0 Å². The molecule has 0 radical (unpaired) electrons. The van der Waals surface area contributed by atoms with Crippen molar-refractivity contribution in [1.29, 1.82) is 0 Å². The number of hydrogen-bond donors (Lipinski definition) is 1. The Bertz CT molecular complexity index is 733. The van der Waals surface area contributed by atoms with Crippen LogP contribution in [0.2, 0.25) is 5.02 Å². The fraction of sp³-hybridized carbons (Fsp3) is 0.0769. The minimum atomic E-state index is 0.389. The number of rotatable bonds is 1. The van der Waals surface area contributed by atoms with Crippen LogP contribution < -0.4 is 5.73 Å². The smallest absolute Gasteiger partial charge is 0.207 e. The quantitative estimate of drug-likeness (QED) is 0.730. The van der Waals surface area contributed by atoms with Gasteiger partial charge in [0.2, 0.25) is 5.95 Å². The summed E-state index contributed by atoms with van der Waals surface area (Å²) < 4.78 is 1.77. The molecule has 3 aromatic rings. The summed E-state index contributed by atoms with van der Waals surface area (Å²) in [5.41, 5.74) is 9.33. The van der Waals surface area contributed by atoms with E-state index in [-0.39, 0.29) is 0 Å². The Labute approximate surface area is 109 Å². The summed E-state index contributed by atoms with van der Waals surface area (Å²) in [5, 5.41) is 0.617. The van der Waals surface area contributed by atoms with Gasteiger partial charge in [-0.15, -0.1) is 0 Å². The number of aromatic nitrogens is 3. The average Bonchev–Trinajstić information content (AvgIpc) is 2.68. The monoisotopic (exact) mass is 258 g/mol. The molecule has 18 heavy (non-hydrogen) atoms. The number of halogens is 1. The van der Waals surface area contributed by atoms with E-state index in [4.69, 9.17) is 17.3 Å². The van der Waals surface area contributed by atoms with Gasteiger partial charge in [-0.1, -0.05) is 23.7 Å². The lowest BCUT2D eigenvalue weighted by Crippen LogP contribution is -2.01. The second-order valence-corrected chi connectivity index (χ2v) is 4.46. The number of benzene rings is 1. The number of aryl methyl sites for hydroxylation is 1. The van der Waals surface area contributed by atoms with Gasteiger partial charge in [-0.25, -0.2) is 9.97 Å². The van der Waals surface area contributed by atoms with Crippen LogP contribution in [-0.4, -0.2) is 14.5 Å². The summed E-state index contributed by atoms with van der Waals surface area (Å²) in [6.07, 6.45) is 1.74. The predicted octanol–water partition coefficient (Wildman–Crippen LogP) is 2.96. The van der Waals surface area contributed by atoms with Crippen LogP contribution in [0.5, 0.6) is 0 Å². The summed E-state index contributed by atoms with van der Waals surface area (Å²) in [6.45, 7) is 1.98. The lowest BCUT2D eigenvalue weighted by molar-refractivity contribution is 1.08. The minimum Gasteiger partial charge on any atom is -0.369 e. The van der Waals surface area contributed by atoms with Gasteiger partial charge < -0.3 is 5.73 Å². The molecule has 5 heteroatoms. The number of pyridine rings is 1. The lowest BCUT2D eigenvalue weighted by atomic mass is 10.2. The first-order valence-corrected chi connectivity index (χ1v) is 5.90. The van der Waals surface area contributed by atoms with Gasteiger partial charge in [0.1, 0.15) is 5.52 Å². The maximum atomic E-state index is 6.20. The van der Waals surface area contributed by atoms with Crippen molar-refractivity contribution in [3.05, 3.63) is 47.1 Å². The molecule has 2 aromatic heterocycles. The Balaban J connectivity index is 2.40. The van der Waals surface area contributed by atoms with Crippen LogP contribution in [-0.2, 0) is 0 Å². The molecule has 0 saturated carbocycles. The zero-order valence-electron chi connectivity index (χ0n) is 9.76. The van der Waals surface area contributed by atoms with Crippen molar-refractivity contribution in [3.8, 4) is 5.69 Å². The fourth-order valence-electron chi connectivity index (χ4n) is 1.98.